The van der Waals surface area contributed by atoms with Gasteiger partial charge in [-0.05, 0) is 36.5 Å². The van der Waals surface area contributed by atoms with Gasteiger partial charge in [-0.1, -0.05) is 44.2 Å². The number of nitrogens with two attached hydrogens (primary N) is 1. The lowest BCUT2D eigenvalue weighted by Crippen LogP contribution is -2.37. The maximum absolute atomic E-state index is 10.8. The third-order valence-electron chi connectivity index (χ3n) is 4.77. The first-order chi connectivity index (χ1) is 12.7. The molecule has 27 heavy (non-hydrogen) atoms. The van der Waals surface area contributed by atoms with Crippen molar-refractivity contribution in [3.8, 4) is 5.75 Å². The van der Waals surface area contributed by atoms with E-state index in [9.17, 15) is 4.79 Å². The van der Waals surface area contributed by atoms with E-state index in [1.807, 2.05) is 24.3 Å². The molecule has 1 saturated carbocycles. The van der Waals surface area contributed by atoms with E-state index in [-0.39, 0.29) is 30.6 Å². The average molecular weight is 488 g/mol. The van der Waals surface area contributed by atoms with Gasteiger partial charge in [0.15, 0.2) is 12.6 Å². The number of nitrogens with one attached hydrogen (secondary N) is 2. The number of aliphatic imine (C=N–C) groups is 1. The van der Waals surface area contributed by atoms with Gasteiger partial charge in [-0.2, -0.15) is 0 Å². The summed E-state index contributed by atoms with van der Waals surface area (Å²) in [5.74, 6) is 1.88. The highest BCUT2D eigenvalue weighted by Crippen LogP contribution is 2.26. The van der Waals surface area contributed by atoms with Crippen molar-refractivity contribution < 1.29 is 9.53 Å². The summed E-state index contributed by atoms with van der Waals surface area (Å²) >= 11 is 0. The number of nitrogens with zero attached hydrogens (tertiary/aromatic N) is 1. The lowest BCUT2D eigenvalue weighted by atomic mass is 9.86. The van der Waals surface area contributed by atoms with E-state index >= 15 is 0 Å². The Balaban J connectivity index is 0.00000364. The van der Waals surface area contributed by atoms with Gasteiger partial charge >= 0.3 is 0 Å². The molecular formula is C20H33IN4O2. The number of guanidine groups is 1. The molecule has 0 radical (unpaired) electrons. The molecule has 0 aromatic heterocycles. The molecule has 0 bridgehead atoms. The predicted octanol–water partition coefficient (Wildman–Crippen LogP) is 3.19. The SMILES string of the molecule is CN=C(NCCCC1CCCCC1)NCc1cccc(OCC(N)=O)c1.I. The topological polar surface area (TPSA) is 88.7 Å². The summed E-state index contributed by atoms with van der Waals surface area (Å²) in [6, 6.07) is 7.60. The molecule has 0 heterocycles. The molecule has 0 unspecified atom stereocenters. The first-order valence-electron chi connectivity index (χ1n) is 9.62. The Hall–Kier alpha value is -1.51. The van der Waals surface area contributed by atoms with E-state index in [1.54, 1.807) is 7.05 Å². The Morgan fingerprint density at radius 1 is 1.26 bits per heavy atom. The van der Waals surface area contributed by atoms with Crippen LogP contribution in [0, 0.1) is 5.92 Å². The van der Waals surface area contributed by atoms with Gasteiger partial charge in [-0.15, -0.1) is 24.0 Å². The fraction of sp³-hybridized carbons (Fsp3) is 0.600. The van der Waals surface area contributed by atoms with Crippen LogP contribution in [-0.2, 0) is 11.3 Å². The summed E-state index contributed by atoms with van der Waals surface area (Å²) in [6.45, 7) is 1.47. The molecular weight excluding hydrogens is 455 g/mol. The standard InChI is InChI=1S/C20H32N4O2.HI/c1-22-20(23-12-6-10-16-7-3-2-4-8-16)24-14-17-9-5-11-18(13-17)26-15-19(21)25;/h5,9,11,13,16H,2-4,6-8,10,12,14-15H2,1H3,(H2,21,25)(H2,22,23,24);1H. The van der Waals surface area contributed by atoms with Crippen LogP contribution in [-0.4, -0.2) is 32.1 Å². The second-order valence-corrected chi connectivity index (χ2v) is 6.90. The van der Waals surface area contributed by atoms with E-state index in [0.29, 0.717) is 12.3 Å². The zero-order valence-electron chi connectivity index (χ0n) is 16.2. The molecule has 7 heteroatoms. The number of halogens is 1. The molecule has 152 valence electrons. The smallest absolute Gasteiger partial charge is 0.255 e. The minimum atomic E-state index is -0.480. The molecule has 6 nitrogen and oxygen atoms in total. The molecule has 1 amide bonds. The highest BCUT2D eigenvalue weighted by Gasteiger charge is 2.12. The minimum Gasteiger partial charge on any atom is -0.484 e. The van der Waals surface area contributed by atoms with Gasteiger partial charge in [0.1, 0.15) is 5.75 Å². The summed E-state index contributed by atoms with van der Waals surface area (Å²) in [7, 11) is 1.78. The lowest BCUT2D eigenvalue weighted by molar-refractivity contribution is -0.119. The van der Waals surface area contributed by atoms with Crippen molar-refractivity contribution >= 4 is 35.8 Å². The second kappa shape index (κ2) is 13.6. The Labute approximate surface area is 179 Å². The fourth-order valence-electron chi connectivity index (χ4n) is 3.38. The molecule has 0 aliphatic heterocycles. The molecule has 0 spiro atoms. The molecule has 0 atom stereocenters. The first-order valence-corrected chi connectivity index (χ1v) is 9.62. The van der Waals surface area contributed by atoms with Crippen molar-refractivity contribution in [3.63, 3.8) is 0 Å². The number of hydrogen-bond acceptors (Lipinski definition) is 3. The predicted molar refractivity (Wildman–Crippen MR) is 121 cm³/mol. The van der Waals surface area contributed by atoms with Gasteiger partial charge in [0.05, 0.1) is 0 Å². The minimum absolute atomic E-state index is 0. The van der Waals surface area contributed by atoms with E-state index in [4.69, 9.17) is 10.5 Å². The van der Waals surface area contributed by atoms with Crippen LogP contribution in [0.25, 0.3) is 0 Å². The van der Waals surface area contributed by atoms with Crippen LogP contribution >= 0.6 is 24.0 Å². The maximum Gasteiger partial charge on any atom is 0.255 e. The third kappa shape index (κ3) is 9.83. The molecule has 1 aromatic rings. The zero-order valence-corrected chi connectivity index (χ0v) is 18.5. The number of rotatable bonds is 9. The molecule has 0 saturated heterocycles. The average Bonchev–Trinajstić information content (AvgIpc) is 2.67. The second-order valence-electron chi connectivity index (χ2n) is 6.90. The Kier molecular flexibility index (Phi) is 11.9. The monoisotopic (exact) mass is 488 g/mol. The van der Waals surface area contributed by atoms with Crippen LogP contribution in [0.1, 0.15) is 50.5 Å². The number of carbonyl (C=O) groups excluding carboxylic acids is 1. The number of benzene rings is 1. The number of amides is 1. The van der Waals surface area contributed by atoms with Gasteiger partial charge in [0.25, 0.3) is 5.91 Å². The fourth-order valence-corrected chi connectivity index (χ4v) is 3.38. The third-order valence-corrected chi connectivity index (χ3v) is 4.77. The van der Waals surface area contributed by atoms with Gasteiger partial charge < -0.3 is 21.1 Å². The zero-order chi connectivity index (χ0) is 18.6. The molecule has 1 aromatic carbocycles. The van der Waals surface area contributed by atoms with Gasteiger partial charge in [-0.3, -0.25) is 9.79 Å². The van der Waals surface area contributed by atoms with Gasteiger partial charge in [0.2, 0.25) is 0 Å². The molecule has 1 aliphatic carbocycles. The van der Waals surface area contributed by atoms with Crippen LogP contribution in [0.15, 0.2) is 29.3 Å². The van der Waals surface area contributed by atoms with Crippen molar-refractivity contribution in [2.24, 2.45) is 16.6 Å². The van der Waals surface area contributed by atoms with Crippen molar-refractivity contribution in [3.05, 3.63) is 29.8 Å². The van der Waals surface area contributed by atoms with Crippen LogP contribution < -0.4 is 21.1 Å². The van der Waals surface area contributed by atoms with E-state index in [1.165, 1.54) is 44.9 Å². The molecule has 1 aliphatic rings. The van der Waals surface area contributed by atoms with Crippen LogP contribution in [0.2, 0.25) is 0 Å². The number of ether oxygens (including phenoxy) is 1. The summed E-state index contributed by atoms with van der Waals surface area (Å²) < 4.78 is 5.33. The highest BCUT2D eigenvalue weighted by atomic mass is 127. The maximum atomic E-state index is 10.8. The quantitative estimate of drug-likeness (QED) is 0.216. The van der Waals surface area contributed by atoms with Crippen molar-refractivity contribution in [2.75, 3.05) is 20.2 Å². The number of primary amides is 1. The Morgan fingerprint density at radius 2 is 2.04 bits per heavy atom. The lowest BCUT2D eigenvalue weighted by Gasteiger charge is -2.21. The van der Waals surface area contributed by atoms with Crippen molar-refractivity contribution in [2.45, 2.75) is 51.5 Å². The molecule has 2 rings (SSSR count). The van der Waals surface area contributed by atoms with E-state index < -0.39 is 5.91 Å². The largest absolute Gasteiger partial charge is 0.484 e. The number of carbonyl (C=O) groups is 1. The van der Waals surface area contributed by atoms with Crippen molar-refractivity contribution in [1.29, 1.82) is 0 Å². The Morgan fingerprint density at radius 3 is 2.74 bits per heavy atom. The first kappa shape index (κ1) is 23.5. The van der Waals surface area contributed by atoms with Gasteiger partial charge in [-0.25, -0.2) is 0 Å². The van der Waals surface area contributed by atoms with Crippen LogP contribution in [0.4, 0.5) is 0 Å². The highest BCUT2D eigenvalue weighted by molar-refractivity contribution is 14.0. The Bertz CT molecular complexity index is 589. The summed E-state index contributed by atoms with van der Waals surface area (Å²) in [5, 5.41) is 6.69. The summed E-state index contributed by atoms with van der Waals surface area (Å²) in [4.78, 5) is 15.1. The van der Waals surface area contributed by atoms with Gasteiger partial charge in [0, 0.05) is 20.1 Å². The normalized spacial score (nSPS) is 14.9. The summed E-state index contributed by atoms with van der Waals surface area (Å²) in [5.41, 5.74) is 6.15. The van der Waals surface area contributed by atoms with E-state index in [0.717, 1.165) is 24.0 Å². The van der Waals surface area contributed by atoms with Crippen molar-refractivity contribution in [1.82, 2.24) is 10.6 Å². The number of hydrogen-bond donors (Lipinski definition) is 3. The summed E-state index contributed by atoms with van der Waals surface area (Å²) in [6.07, 6.45) is 9.53. The molecule has 4 N–H and O–H groups in total. The molecule has 1 fully saturated rings. The van der Waals surface area contributed by atoms with Crippen LogP contribution in [0.3, 0.4) is 0 Å². The van der Waals surface area contributed by atoms with E-state index in [2.05, 4.69) is 15.6 Å². The van der Waals surface area contributed by atoms with Crippen LogP contribution in [0.5, 0.6) is 5.75 Å².